The van der Waals surface area contributed by atoms with Crippen LogP contribution in [0.2, 0.25) is 0 Å². The molecule has 1 saturated heterocycles. The molecule has 23 heavy (non-hydrogen) atoms. The van der Waals surface area contributed by atoms with Crippen molar-refractivity contribution >= 4 is 28.8 Å². The molecule has 0 spiro atoms. The maximum Gasteiger partial charge on any atom is 0.289 e. The van der Waals surface area contributed by atoms with Crippen LogP contribution in [0.5, 0.6) is 0 Å². The lowest BCUT2D eigenvalue weighted by molar-refractivity contribution is 0.0760. The number of fused-ring (bicyclic) bond motifs is 1. The summed E-state index contributed by atoms with van der Waals surface area (Å²) < 4.78 is 11.3. The summed E-state index contributed by atoms with van der Waals surface area (Å²) >= 11 is 1.46. The molecule has 118 valence electrons. The highest BCUT2D eigenvalue weighted by molar-refractivity contribution is 7.98. The van der Waals surface area contributed by atoms with Crippen molar-refractivity contribution in [1.29, 1.82) is 0 Å². The van der Waals surface area contributed by atoms with Gasteiger partial charge in [0, 0.05) is 13.1 Å². The van der Waals surface area contributed by atoms with Crippen LogP contribution in [0.4, 0.5) is 0 Å². The van der Waals surface area contributed by atoms with Gasteiger partial charge >= 0.3 is 0 Å². The summed E-state index contributed by atoms with van der Waals surface area (Å²) in [6.07, 6.45) is 2.15. The normalized spacial score (nSPS) is 14.7. The van der Waals surface area contributed by atoms with Crippen molar-refractivity contribution in [3.8, 4) is 0 Å². The van der Waals surface area contributed by atoms with Crippen LogP contribution in [-0.4, -0.2) is 28.9 Å². The molecule has 1 fully saturated rings. The van der Waals surface area contributed by atoms with E-state index in [-0.39, 0.29) is 5.91 Å². The molecule has 6 heteroatoms. The molecule has 4 rings (SSSR count). The van der Waals surface area contributed by atoms with Crippen LogP contribution < -0.4 is 0 Å². The molecule has 1 aliphatic rings. The van der Waals surface area contributed by atoms with Gasteiger partial charge in [0.2, 0.25) is 0 Å². The molecule has 0 unspecified atom stereocenters. The predicted molar refractivity (Wildman–Crippen MR) is 87.4 cm³/mol. The molecule has 0 N–H and O–H groups in total. The van der Waals surface area contributed by atoms with Crippen LogP contribution in [0, 0.1) is 0 Å². The van der Waals surface area contributed by atoms with Crippen LogP contribution in [0.3, 0.4) is 0 Å². The first kappa shape index (κ1) is 14.4. The standard InChI is InChI=1S/C17H16N2O3S/c20-16(19-9-3-4-10-19)15-8-7-12(21-15)11-23-17-18-13-5-1-2-6-14(13)22-17/h1-2,5-8H,3-4,9-11H2. The van der Waals surface area contributed by atoms with Gasteiger partial charge in [0.05, 0.1) is 5.75 Å². The predicted octanol–water partition coefficient (Wildman–Crippen LogP) is 3.95. The third kappa shape index (κ3) is 2.99. The highest BCUT2D eigenvalue weighted by atomic mass is 32.2. The van der Waals surface area contributed by atoms with E-state index in [9.17, 15) is 4.79 Å². The molecule has 1 aromatic carbocycles. The van der Waals surface area contributed by atoms with Crippen LogP contribution in [-0.2, 0) is 5.75 Å². The summed E-state index contributed by atoms with van der Waals surface area (Å²) in [5.74, 6) is 1.74. The summed E-state index contributed by atoms with van der Waals surface area (Å²) in [4.78, 5) is 18.5. The number of aromatic nitrogens is 1. The first-order chi connectivity index (χ1) is 11.3. The van der Waals surface area contributed by atoms with Crippen LogP contribution in [0.15, 0.2) is 50.5 Å². The Morgan fingerprint density at radius 3 is 2.78 bits per heavy atom. The number of hydrogen-bond donors (Lipinski definition) is 0. The molecule has 3 heterocycles. The van der Waals surface area contributed by atoms with E-state index in [2.05, 4.69) is 4.98 Å². The minimum atomic E-state index is -0.0133. The average Bonchev–Trinajstić information content (AvgIpc) is 3.31. The minimum absolute atomic E-state index is 0.0133. The lowest BCUT2D eigenvalue weighted by Crippen LogP contribution is -2.27. The van der Waals surface area contributed by atoms with E-state index in [4.69, 9.17) is 8.83 Å². The van der Waals surface area contributed by atoms with Gasteiger partial charge < -0.3 is 13.7 Å². The number of amides is 1. The van der Waals surface area contributed by atoms with Gasteiger partial charge in [-0.25, -0.2) is 4.98 Å². The molecular weight excluding hydrogens is 312 g/mol. The second kappa shape index (κ2) is 6.12. The minimum Gasteiger partial charge on any atom is -0.455 e. The van der Waals surface area contributed by atoms with Crippen LogP contribution in [0.1, 0.15) is 29.2 Å². The number of benzene rings is 1. The summed E-state index contributed by atoms with van der Waals surface area (Å²) in [5, 5.41) is 0.606. The van der Waals surface area contributed by atoms with Gasteiger partial charge in [0.15, 0.2) is 11.3 Å². The number of carbonyl (C=O) groups excluding carboxylic acids is 1. The largest absolute Gasteiger partial charge is 0.455 e. The number of furan rings is 1. The Bertz CT molecular complexity index is 800. The third-order valence-corrected chi connectivity index (χ3v) is 4.73. The zero-order chi connectivity index (χ0) is 15.6. The quantitative estimate of drug-likeness (QED) is 0.679. The molecule has 0 atom stereocenters. The number of para-hydroxylation sites is 2. The molecule has 0 radical (unpaired) electrons. The number of thioether (sulfide) groups is 1. The molecule has 0 bridgehead atoms. The third-order valence-electron chi connectivity index (χ3n) is 3.88. The number of rotatable bonds is 4. The van der Waals surface area contributed by atoms with E-state index < -0.39 is 0 Å². The molecule has 0 saturated carbocycles. The number of likely N-dealkylation sites (tertiary alicyclic amines) is 1. The topological polar surface area (TPSA) is 59.5 Å². The smallest absolute Gasteiger partial charge is 0.289 e. The number of nitrogens with zero attached hydrogens (tertiary/aromatic N) is 2. The molecule has 0 aliphatic carbocycles. The Balaban J connectivity index is 1.42. The van der Waals surface area contributed by atoms with Crippen molar-refractivity contribution in [3.63, 3.8) is 0 Å². The Morgan fingerprint density at radius 1 is 1.13 bits per heavy atom. The van der Waals surface area contributed by atoms with Crippen LogP contribution >= 0.6 is 11.8 Å². The first-order valence-corrected chi connectivity index (χ1v) is 8.64. The fourth-order valence-corrected chi connectivity index (χ4v) is 3.42. The van der Waals surface area contributed by atoms with E-state index in [1.165, 1.54) is 11.8 Å². The lowest BCUT2D eigenvalue weighted by Gasteiger charge is -2.12. The van der Waals surface area contributed by atoms with Gasteiger partial charge in [0.25, 0.3) is 11.1 Å². The first-order valence-electron chi connectivity index (χ1n) is 7.66. The van der Waals surface area contributed by atoms with Crippen molar-refractivity contribution in [2.24, 2.45) is 0 Å². The average molecular weight is 328 g/mol. The van der Waals surface area contributed by atoms with E-state index >= 15 is 0 Å². The van der Waals surface area contributed by atoms with E-state index in [0.717, 1.165) is 42.8 Å². The molecule has 1 aliphatic heterocycles. The lowest BCUT2D eigenvalue weighted by atomic mass is 10.3. The molecular formula is C17H16N2O3S. The monoisotopic (exact) mass is 328 g/mol. The second-order valence-electron chi connectivity index (χ2n) is 5.50. The molecule has 1 amide bonds. The summed E-state index contributed by atoms with van der Waals surface area (Å²) in [6.45, 7) is 1.65. The Labute approximate surface area is 137 Å². The van der Waals surface area contributed by atoms with Crippen molar-refractivity contribution in [2.75, 3.05) is 13.1 Å². The zero-order valence-corrected chi connectivity index (χ0v) is 13.3. The van der Waals surface area contributed by atoms with Crippen LogP contribution in [0.25, 0.3) is 11.1 Å². The summed E-state index contributed by atoms with van der Waals surface area (Å²) in [6, 6.07) is 11.3. The van der Waals surface area contributed by atoms with Gasteiger partial charge in [-0.15, -0.1) is 0 Å². The SMILES string of the molecule is O=C(c1ccc(CSc2nc3ccccc3o2)o1)N1CCCC1. The Morgan fingerprint density at radius 2 is 1.96 bits per heavy atom. The van der Waals surface area contributed by atoms with Gasteiger partial charge in [-0.1, -0.05) is 23.9 Å². The Hall–Kier alpha value is -2.21. The highest BCUT2D eigenvalue weighted by Gasteiger charge is 2.22. The van der Waals surface area contributed by atoms with Crippen molar-refractivity contribution in [2.45, 2.75) is 23.8 Å². The number of carbonyl (C=O) groups is 1. The maximum absolute atomic E-state index is 12.2. The van der Waals surface area contributed by atoms with Gasteiger partial charge in [-0.05, 0) is 37.1 Å². The summed E-state index contributed by atoms with van der Waals surface area (Å²) in [7, 11) is 0. The van der Waals surface area contributed by atoms with E-state index in [1.807, 2.05) is 35.2 Å². The van der Waals surface area contributed by atoms with Crippen molar-refractivity contribution < 1.29 is 13.6 Å². The number of hydrogen-bond acceptors (Lipinski definition) is 5. The number of oxazole rings is 1. The zero-order valence-electron chi connectivity index (χ0n) is 12.5. The summed E-state index contributed by atoms with van der Waals surface area (Å²) in [5.41, 5.74) is 1.62. The molecule has 5 nitrogen and oxygen atoms in total. The second-order valence-corrected chi connectivity index (χ2v) is 6.43. The van der Waals surface area contributed by atoms with E-state index in [1.54, 1.807) is 6.07 Å². The van der Waals surface area contributed by atoms with Gasteiger partial charge in [0.1, 0.15) is 11.3 Å². The van der Waals surface area contributed by atoms with E-state index in [0.29, 0.717) is 16.7 Å². The van der Waals surface area contributed by atoms with Gasteiger partial charge in [-0.2, -0.15) is 0 Å². The van der Waals surface area contributed by atoms with Gasteiger partial charge in [-0.3, -0.25) is 4.79 Å². The molecule has 2 aromatic heterocycles. The van der Waals surface area contributed by atoms with Crippen molar-refractivity contribution in [1.82, 2.24) is 9.88 Å². The Kier molecular flexibility index (Phi) is 3.83. The fourth-order valence-electron chi connectivity index (χ4n) is 2.69. The maximum atomic E-state index is 12.2. The molecule has 3 aromatic rings. The fraction of sp³-hybridized carbons (Fsp3) is 0.294. The van der Waals surface area contributed by atoms with Crippen molar-refractivity contribution in [3.05, 3.63) is 47.9 Å². The highest BCUT2D eigenvalue weighted by Crippen LogP contribution is 2.27.